The third kappa shape index (κ3) is 5.33. The number of benzene rings is 3. The van der Waals surface area contributed by atoms with Crippen LogP contribution in [0.4, 0.5) is 13.2 Å². The molecule has 0 aromatic heterocycles. The van der Waals surface area contributed by atoms with E-state index in [4.69, 9.17) is 0 Å². The minimum Gasteiger partial charge on any atom is -0.378 e. The van der Waals surface area contributed by atoms with Crippen LogP contribution in [0.1, 0.15) is 31.9 Å². The second-order valence-electron chi connectivity index (χ2n) is 8.48. The molecule has 1 unspecified atom stereocenters. The van der Waals surface area contributed by atoms with Gasteiger partial charge in [0.05, 0.1) is 9.79 Å². The largest absolute Gasteiger partial charge is 0.421 e. The lowest BCUT2D eigenvalue weighted by atomic mass is 9.93. The molecule has 0 heterocycles. The van der Waals surface area contributed by atoms with E-state index in [9.17, 15) is 31.8 Å². The fourth-order valence-electron chi connectivity index (χ4n) is 3.14. The monoisotopic (exact) mass is 488 g/mol. The van der Waals surface area contributed by atoms with Gasteiger partial charge in [0.25, 0.3) is 0 Å². The van der Waals surface area contributed by atoms with Crippen LogP contribution in [-0.2, 0) is 15.4 Å². The van der Waals surface area contributed by atoms with Crippen molar-refractivity contribution >= 4 is 9.84 Å². The lowest BCUT2D eigenvalue weighted by molar-refractivity contribution is -0.258. The molecule has 3 aromatic rings. The van der Waals surface area contributed by atoms with Crippen LogP contribution in [-0.4, -0.2) is 30.4 Å². The average molecular weight is 489 g/mol. The molecule has 34 heavy (non-hydrogen) atoms. The van der Waals surface area contributed by atoms with Crippen LogP contribution in [0.2, 0.25) is 0 Å². The summed E-state index contributed by atoms with van der Waals surface area (Å²) in [6, 6.07) is 17.4. The molecular weight excluding hydrogens is 465 g/mol. The number of hydrogen-bond donors (Lipinski definition) is 2. The van der Waals surface area contributed by atoms with Gasteiger partial charge in [-0.05, 0) is 61.7 Å². The van der Waals surface area contributed by atoms with Crippen molar-refractivity contribution in [3.8, 4) is 23.0 Å². The van der Waals surface area contributed by atoms with Gasteiger partial charge in [-0.15, -0.1) is 0 Å². The minimum atomic E-state index is -4.85. The van der Waals surface area contributed by atoms with Crippen LogP contribution >= 0.6 is 0 Å². The lowest BCUT2D eigenvalue weighted by Crippen LogP contribution is -2.39. The van der Waals surface area contributed by atoms with Gasteiger partial charge in [-0.25, -0.2) is 8.42 Å². The molecule has 0 spiro atoms. The number of alkyl halides is 3. The Balaban J connectivity index is 2.12. The van der Waals surface area contributed by atoms with E-state index >= 15 is 0 Å². The van der Waals surface area contributed by atoms with Gasteiger partial charge in [-0.1, -0.05) is 60.4 Å². The first-order valence-corrected chi connectivity index (χ1v) is 11.7. The molecule has 0 saturated carbocycles. The van der Waals surface area contributed by atoms with Crippen molar-refractivity contribution in [3.63, 3.8) is 0 Å². The minimum absolute atomic E-state index is 0.0594. The van der Waals surface area contributed by atoms with Crippen LogP contribution < -0.4 is 0 Å². The number of halogens is 3. The summed E-state index contributed by atoms with van der Waals surface area (Å²) in [6.45, 7) is 3.59. The molecule has 0 bridgehead atoms. The van der Waals surface area contributed by atoms with Crippen LogP contribution in [0.25, 0.3) is 11.1 Å². The summed E-state index contributed by atoms with van der Waals surface area (Å²) in [6.07, 6.45) is -4.85. The van der Waals surface area contributed by atoms with Gasteiger partial charge in [-0.3, -0.25) is 0 Å². The predicted molar refractivity (Wildman–Crippen MR) is 123 cm³/mol. The summed E-state index contributed by atoms with van der Waals surface area (Å²) < 4.78 is 65.8. The zero-order valence-electron chi connectivity index (χ0n) is 18.7. The molecule has 0 amide bonds. The van der Waals surface area contributed by atoms with E-state index in [2.05, 4.69) is 11.8 Å². The maximum Gasteiger partial charge on any atom is 0.421 e. The third-order valence-electron chi connectivity index (χ3n) is 5.16. The third-order valence-corrected chi connectivity index (χ3v) is 6.99. The molecule has 4 nitrogen and oxygen atoms in total. The van der Waals surface area contributed by atoms with E-state index in [0.29, 0.717) is 18.1 Å². The second kappa shape index (κ2) is 8.91. The van der Waals surface area contributed by atoms with Gasteiger partial charge in [-0.2, -0.15) is 13.2 Å². The standard InChI is InChI=1S/C26H23F3O4S/c1-24(2,30)16-15-20-17-19(11-14-23(20)34(32,33)22-7-5-4-6-8-22)18-9-12-21(13-10-18)25(3,31)26(27,28)29/h4-14,17,30-31H,1-3H3. The number of aliphatic hydroxyl groups is 2. The van der Waals surface area contributed by atoms with Crippen LogP contribution in [0.3, 0.4) is 0 Å². The molecule has 8 heteroatoms. The molecule has 0 saturated heterocycles. The van der Waals surface area contributed by atoms with Gasteiger partial charge in [0.15, 0.2) is 5.60 Å². The van der Waals surface area contributed by atoms with E-state index in [1.165, 1.54) is 68.4 Å². The zero-order valence-corrected chi connectivity index (χ0v) is 19.5. The fourth-order valence-corrected chi connectivity index (χ4v) is 4.56. The molecule has 178 valence electrons. The predicted octanol–water partition coefficient (Wildman–Crippen LogP) is 5.08. The summed E-state index contributed by atoms with van der Waals surface area (Å²) in [5, 5.41) is 19.9. The molecule has 2 N–H and O–H groups in total. The maximum absolute atomic E-state index is 13.2. The first-order chi connectivity index (χ1) is 15.6. The first kappa shape index (κ1) is 25.5. The molecule has 3 rings (SSSR count). The molecular formula is C26H23F3O4S. The highest BCUT2D eigenvalue weighted by Gasteiger charge is 2.51. The smallest absolute Gasteiger partial charge is 0.378 e. The molecule has 0 radical (unpaired) electrons. The van der Waals surface area contributed by atoms with Crippen molar-refractivity contribution in [2.45, 2.75) is 47.9 Å². The van der Waals surface area contributed by atoms with E-state index in [-0.39, 0.29) is 20.9 Å². The Kier molecular flexibility index (Phi) is 6.68. The van der Waals surface area contributed by atoms with E-state index < -0.39 is 27.2 Å². The van der Waals surface area contributed by atoms with E-state index in [1.54, 1.807) is 18.2 Å². The Morgan fingerprint density at radius 3 is 1.88 bits per heavy atom. The average Bonchev–Trinajstić information content (AvgIpc) is 2.77. The Bertz CT molecular complexity index is 1340. The summed E-state index contributed by atoms with van der Waals surface area (Å²) in [5.41, 5.74) is -3.58. The van der Waals surface area contributed by atoms with Crippen LogP contribution in [0.5, 0.6) is 0 Å². The first-order valence-electron chi connectivity index (χ1n) is 10.2. The van der Waals surface area contributed by atoms with Gasteiger partial charge >= 0.3 is 6.18 Å². The normalized spacial score (nSPS) is 14.1. The Morgan fingerprint density at radius 1 is 0.794 bits per heavy atom. The summed E-state index contributed by atoms with van der Waals surface area (Å²) in [5.74, 6) is 5.34. The highest BCUT2D eigenvalue weighted by atomic mass is 32.2. The van der Waals surface area contributed by atoms with E-state index in [0.717, 1.165) is 0 Å². The summed E-state index contributed by atoms with van der Waals surface area (Å²) in [7, 11) is -3.92. The number of sulfone groups is 1. The van der Waals surface area contributed by atoms with Gasteiger partial charge in [0.2, 0.25) is 9.84 Å². The fraction of sp³-hybridized carbons (Fsp3) is 0.231. The van der Waals surface area contributed by atoms with Crippen molar-refractivity contribution in [3.05, 3.63) is 83.9 Å². The highest BCUT2D eigenvalue weighted by molar-refractivity contribution is 7.91. The molecule has 0 fully saturated rings. The van der Waals surface area contributed by atoms with Crippen molar-refractivity contribution in [2.75, 3.05) is 0 Å². The number of rotatable bonds is 4. The maximum atomic E-state index is 13.2. The van der Waals surface area contributed by atoms with Crippen molar-refractivity contribution in [1.29, 1.82) is 0 Å². The number of hydrogen-bond acceptors (Lipinski definition) is 4. The topological polar surface area (TPSA) is 74.6 Å². The van der Waals surface area contributed by atoms with Gasteiger partial charge < -0.3 is 10.2 Å². The molecule has 0 aliphatic heterocycles. The quantitative estimate of drug-likeness (QED) is 0.503. The van der Waals surface area contributed by atoms with Crippen molar-refractivity contribution < 1.29 is 31.8 Å². The molecule has 3 aromatic carbocycles. The Morgan fingerprint density at radius 2 is 1.35 bits per heavy atom. The molecule has 1 atom stereocenters. The SMILES string of the molecule is CC(C)(O)C#Cc1cc(-c2ccc(C(C)(O)C(F)(F)F)cc2)ccc1S(=O)(=O)c1ccccc1. The van der Waals surface area contributed by atoms with Gasteiger partial charge in [0.1, 0.15) is 5.60 Å². The molecule has 0 aliphatic carbocycles. The van der Waals surface area contributed by atoms with E-state index in [1.807, 2.05) is 0 Å². The highest BCUT2D eigenvalue weighted by Crippen LogP contribution is 2.39. The Labute approximate surface area is 196 Å². The molecule has 0 aliphatic rings. The Hall–Kier alpha value is -3.12. The van der Waals surface area contributed by atoms with Crippen LogP contribution in [0, 0.1) is 11.8 Å². The van der Waals surface area contributed by atoms with Crippen molar-refractivity contribution in [2.24, 2.45) is 0 Å². The second-order valence-corrected chi connectivity index (χ2v) is 10.4. The van der Waals surface area contributed by atoms with Crippen molar-refractivity contribution in [1.82, 2.24) is 0 Å². The zero-order chi connectivity index (χ0) is 25.4. The van der Waals surface area contributed by atoms with Crippen LogP contribution in [0.15, 0.2) is 82.6 Å². The lowest BCUT2D eigenvalue weighted by Gasteiger charge is -2.26. The summed E-state index contributed by atoms with van der Waals surface area (Å²) >= 11 is 0. The summed E-state index contributed by atoms with van der Waals surface area (Å²) in [4.78, 5) is 0.0172. The van der Waals surface area contributed by atoms with Gasteiger partial charge in [0, 0.05) is 5.56 Å².